The molecule has 3 heterocycles. The Hall–Kier alpha value is -2.48. The van der Waals surface area contributed by atoms with Crippen LogP contribution in [0.25, 0.3) is 16.3 Å². The van der Waals surface area contributed by atoms with E-state index < -0.39 is 0 Å². The Kier molecular flexibility index (Phi) is 7.40. The molecule has 1 aliphatic rings. The second-order valence-electron chi connectivity index (χ2n) is 7.79. The van der Waals surface area contributed by atoms with E-state index in [1.54, 1.807) is 0 Å². The average Bonchev–Trinajstić information content (AvgIpc) is 3.14. The number of aryl methyl sites for hydroxylation is 1. The number of hydrogen-bond acceptors (Lipinski definition) is 7. The van der Waals surface area contributed by atoms with Gasteiger partial charge in [-0.25, -0.2) is 9.78 Å². The predicted octanol–water partition coefficient (Wildman–Crippen LogP) is 5.06. The maximum absolute atomic E-state index is 12.5. The Balaban J connectivity index is 1.47. The number of anilines is 1. The number of carbonyl (C=O) groups is 1. The van der Waals surface area contributed by atoms with Crippen LogP contribution in [-0.2, 0) is 4.74 Å². The summed E-state index contributed by atoms with van der Waals surface area (Å²) in [5, 5.41) is 1.11. The first-order valence-electron chi connectivity index (χ1n) is 10.9. The van der Waals surface area contributed by atoms with Crippen LogP contribution >= 0.6 is 22.9 Å². The number of hydrogen-bond donors (Lipinski definition) is 0. The third-order valence-electron chi connectivity index (χ3n) is 5.51. The Morgan fingerprint density at radius 2 is 1.94 bits per heavy atom. The molecule has 3 aromatic rings. The van der Waals surface area contributed by atoms with Gasteiger partial charge in [0, 0.05) is 32.7 Å². The van der Waals surface area contributed by atoms with Gasteiger partial charge in [-0.05, 0) is 36.1 Å². The molecule has 0 bridgehead atoms. The Labute approximate surface area is 197 Å². The quantitative estimate of drug-likeness (QED) is 0.355. The third-order valence-corrected chi connectivity index (χ3v) is 6.85. The molecular weight excluding hydrogens is 444 g/mol. The molecule has 0 spiro atoms. The number of ether oxygens (including phenoxy) is 1. The van der Waals surface area contributed by atoms with E-state index in [1.807, 2.05) is 32.0 Å². The average molecular weight is 471 g/mol. The highest BCUT2D eigenvalue weighted by Crippen LogP contribution is 2.37. The van der Waals surface area contributed by atoms with Gasteiger partial charge in [0.05, 0.1) is 12.0 Å². The fourth-order valence-electron chi connectivity index (χ4n) is 3.82. The van der Waals surface area contributed by atoms with Crippen LogP contribution in [0.2, 0.25) is 5.28 Å². The number of nitrogens with zero attached hydrogens (tertiary/aromatic N) is 4. The summed E-state index contributed by atoms with van der Waals surface area (Å²) in [6.45, 7) is 8.77. The van der Waals surface area contributed by atoms with E-state index >= 15 is 0 Å². The lowest BCUT2D eigenvalue weighted by Gasteiger charge is -2.35. The van der Waals surface area contributed by atoms with E-state index in [0.717, 1.165) is 60.7 Å². The summed E-state index contributed by atoms with van der Waals surface area (Å²) in [5.41, 5.74) is 2.08. The van der Waals surface area contributed by atoms with Crippen LogP contribution in [0.15, 0.2) is 36.4 Å². The fourth-order valence-corrected chi connectivity index (χ4v) is 5.10. The molecule has 0 amide bonds. The Morgan fingerprint density at radius 1 is 1.19 bits per heavy atom. The van der Waals surface area contributed by atoms with Crippen LogP contribution in [0.5, 0.6) is 0 Å². The smallest absolute Gasteiger partial charge is 0.348 e. The van der Waals surface area contributed by atoms with E-state index in [9.17, 15) is 4.79 Å². The molecule has 8 heteroatoms. The number of benzene rings is 1. The van der Waals surface area contributed by atoms with Gasteiger partial charge in [-0.3, -0.25) is 4.90 Å². The first kappa shape index (κ1) is 22.7. The number of piperazine rings is 1. The number of aromatic nitrogens is 2. The summed E-state index contributed by atoms with van der Waals surface area (Å²) in [7, 11) is 0. The SMILES string of the molecule is CCCOC(=O)c1sc2nc(Cl)nc(N3CCN(C/C=C/c4ccccc4)CC3)c2c1C. The van der Waals surface area contributed by atoms with Crippen LogP contribution in [0.4, 0.5) is 5.82 Å². The molecule has 0 N–H and O–H groups in total. The monoisotopic (exact) mass is 470 g/mol. The van der Waals surface area contributed by atoms with Crippen molar-refractivity contribution >= 4 is 51.0 Å². The minimum absolute atomic E-state index is 0.204. The standard InChI is InChI=1S/C24H27ClN4O2S/c1-3-16-31-23(30)20-17(2)19-21(26-24(25)27-22(19)32-20)29-14-12-28(13-15-29)11-7-10-18-8-5-4-6-9-18/h4-10H,3,11-16H2,1-2H3/b10-7+. The lowest BCUT2D eigenvalue weighted by Crippen LogP contribution is -2.46. The maximum Gasteiger partial charge on any atom is 0.348 e. The number of thiophene rings is 1. The van der Waals surface area contributed by atoms with Crippen molar-refractivity contribution in [2.75, 3.05) is 44.2 Å². The van der Waals surface area contributed by atoms with Crippen LogP contribution in [-0.4, -0.2) is 60.2 Å². The van der Waals surface area contributed by atoms with Crippen molar-refractivity contribution in [1.82, 2.24) is 14.9 Å². The van der Waals surface area contributed by atoms with Crippen molar-refractivity contribution in [2.24, 2.45) is 0 Å². The van der Waals surface area contributed by atoms with Gasteiger partial charge in [0.2, 0.25) is 5.28 Å². The molecule has 6 nitrogen and oxygen atoms in total. The molecule has 0 saturated carbocycles. The van der Waals surface area contributed by atoms with Gasteiger partial charge < -0.3 is 9.64 Å². The zero-order valence-electron chi connectivity index (χ0n) is 18.4. The molecule has 168 valence electrons. The Morgan fingerprint density at radius 3 is 2.66 bits per heavy atom. The van der Waals surface area contributed by atoms with Crippen LogP contribution < -0.4 is 4.90 Å². The molecule has 1 aromatic carbocycles. The second kappa shape index (κ2) is 10.4. The second-order valence-corrected chi connectivity index (χ2v) is 9.13. The number of halogens is 1. The minimum Gasteiger partial charge on any atom is -0.462 e. The molecule has 1 fully saturated rings. The molecule has 1 saturated heterocycles. The zero-order chi connectivity index (χ0) is 22.5. The van der Waals surface area contributed by atoms with Crippen molar-refractivity contribution in [3.8, 4) is 0 Å². The summed E-state index contributed by atoms with van der Waals surface area (Å²) >= 11 is 7.57. The first-order chi connectivity index (χ1) is 15.6. The molecule has 32 heavy (non-hydrogen) atoms. The first-order valence-corrected chi connectivity index (χ1v) is 12.1. The molecule has 1 aliphatic heterocycles. The lowest BCUT2D eigenvalue weighted by atomic mass is 10.2. The molecule has 0 radical (unpaired) electrons. The maximum atomic E-state index is 12.5. The van der Waals surface area contributed by atoms with E-state index in [-0.39, 0.29) is 11.3 Å². The third kappa shape index (κ3) is 5.11. The van der Waals surface area contributed by atoms with Crippen LogP contribution in [0.1, 0.15) is 34.1 Å². The molecule has 0 unspecified atom stereocenters. The number of carbonyl (C=O) groups excluding carboxylic acids is 1. The molecular formula is C24H27ClN4O2S. The highest BCUT2D eigenvalue weighted by Gasteiger charge is 2.25. The van der Waals surface area contributed by atoms with E-state index in [4.69, 9.17) is 16.3 Å². The zero-order valence-corrected chi connectivity index (χ0v) is 20.0. The topological polar surface area (TPSA) is 58.6 Å². The van der Waals surface area contributed by atoms with E-state index in [2.05, 4.69) is 44.1 Å². The van der Waals surface area contributed by atoms with Gasteiger partial charge in [-0.2, -0.15) is 4.98 Å². The van der Waals surface area contributed by atoms with Crippen molar-refractivity contribution < 1.29 is 9.53 Å². The predicted molar refractivity (Wildman–Crippen MR) is 132 cm³/mol. The van der Waals surface area contributed by atoms with Crippen molar-refractivity contribution in [2.45, 2.75) is 20.3 Å². The van der Waals surface area contributed by atoms with Crippen molar-refractivity contribution in [1.29, 1.82) is 0 Å². The highest BCUT2D eigenvalue weighted by atomic mass is 35.5. The van der Waals surface area contributed by atoms with Gasteiger partial charge >= 0.3 is 5.97 Å². The number of rotatable bonds is 7. The minimum atomic E-state index is -0.301. The van der Waals surface area contributed by atoms with Gasteiger partial charge in [-0.1, -0.05) is 49.4 Å². The van der Waals surface area contributed by atoms with Gasteiger partial charge in [0.25, 0.3) is 0 Å². The fraction of sp³-hybridized carbons (Fsp3) is 0.375. The van der Waals surface area contributed by atoms with Gasteiger partial charge in [0.1, 0.15) is 15.5 Å². The summed E-state index contributed by atoms with van der Waals surface area (Å²) in [4.78, 5) is 27.4. The Bertz CT molecular complexity index is 1110. The summed E-state index contributed by atoms with van der Waals surface area (Å²) in [6.07, 6.45) is 5.16. The lowest BCUT2D eigenvalue weighted by molar-refractivity contribution is 0.0510. The van der Waals surface area contributed by atoms with Gasteiger partial charge in [-0.15, -0.1) is 11.3 Å². The van der Waals surface area contributed by atoms with Crippen molar-refractivity contribution in [3.05, 3.63) is 57.7 Å². The molecule has 4 rings (SSSR count). The number of fused-ring (bicyclic) bond motifs is 1. The summed E-state index contributed by atoms with van der Waals surface area (Å²) in [6, 6.07) is 10.3. The molecule has 0 aliphatic carbocycles. The van der Waals surface area contributed by atoms with Gasteiger partial charge in [0.15, 0.2) is 0 Å². The van der Waals surface area contributed by atoms with Crippen LogP contribution in [0.3, 0.4) is 0 Å². The van der Waals surface area contributed by atoms with E-state index in [1.165, 1.54) is 16.9 Å². The van der Waals surface area contributed by atoms with E-state index in [0.29, 0.717) is 11.5 Å². The largest absolute Gasteiger partial charge is 0.462 e. The summed E-state index contributed by atoms with van der Waals surface area (Å²) < 4.78 is 5.35. The van der Waals surface area contributed by atoms with Crippen molar-refractivity contribution in [3.63, 3.8) is 0 Å². The molecule has 0 atom stereocenters. The van der Waals surface area contributed by atoms with Crippen LogP contribution in [0, 0.1) is 6.92 Å². The normalized spacial score (nSPS) is 15.0. The molecule has 2 aromatic heterocycles. The highest BCUT2D eigenvalue weighted by molar-refractivity contribution is 7.20. The number of esters is 1. The summed E-state index contributed by atoms with van der Waals surface area (Å²) in [5.74, 6) is 0.507.